The standard InChI is InChI=1S/C24H23N3O3/c1-14-7-21(18-10-22(28-4)24-23(11-18)29-13-30-24)25-20-6-5-17(9-19(14)20)12-27-16(3)8-15(2)26-27/h5-11H,12-13H2,1-4H3. The first-order chi connectivity index (χ1) is 14.5. The van der Waals surface area contributed by atoms with E-state index in [4.69, 9.17) is 19.2 Å². The molecule has 4 aromatic rings. The van der Waals surface area contributed by atoms with Crippen molar-refractivity contribution in [3.63, 3.8) is 0 Å². The Bertz CT molecular complexity index is 1280. The minimum absolute atomic E-state index is 0.206. The highest BCUT2D eigenvalue weighted by Gasteiger charge is 2.21. The molecule has 0 fully saturated rings. The summed E-state index contributed by atoms with van der Waals surface area (Å²) in [5.74, 6) is 1.98. The van der Waals surface area contributed by atoms with Crippen LogP contribution in [-0.4, -0.2) is 28.7 Å². The summed E-state index contributed by atoms with van der Waals surface area (Å²) in [4.78, 5) is 4.90. The number of ether oxygens (including phenoxy) is 3. The number of benzene rings is 2. The number of aryl methyl sites for hydroxylation is 3. The predicted octanol–water partition coefficient (Wildman–Crippen LogP) is 4.81. The quantitative estimate of drug-likeness (QED) is 0.491. The second-order valence-electron chi connectivity index (χ2n) is 7.67. The van der Waals surface area contributed by atoms with E-state index in [0.29, 0.717) is 17.2 Å². The van der Waals surface area contributed by atoms with E-state index in [2.05, 4.69) is 49.3 Å². The Balaban J connectivity index is 1.54. The van der Waals surface area contributed by atoms with Crippen molar-refractivity contribution in [1.82, 2.24) is 14.8 Å². The highest BCUT2D eigenvalue weighted by atomic mass is 16.7. The van der Waals surface area contributed by atoms with Crippen LogP contribution in [0.5, 0.6) is 17.2 Å². The Morgan fingerprint density at radius 3 is 2.67 bits per heavy atom. The van der Waals surface area contributed by atoms with Crippen molar-refractivity contribution in [2.24, 2.45) is 0 Å². The first-order valence-electron chi connectivity index (χ1n) is 9.91. The fourth-order valence-electron chi connectivity index (χ4n) is 3.97. The van der Waals surface area contributed by atoms with Crippen LogP contribution in [0.4, 0.5) is 0 Å². The smallest absolute Gasteiger partial charge is 0.231 e. The zero-order chi connectivity index (χ0) is 20.8. The minimum atomic E-state index is 0.206. The van der Waals surface area contributed by atoms with Gasteiger partial charge in [-0.15, -0.1) is 0 Å². The predicted molar refractivity (Wildman–Crippen MR) is 115 cm³/mol. The van der Waals surface area contributed by atoms with E-state index in [1.54, 1.807) is 7.11 Å². The first kappa shape index (κ1) is 18.5. The maximum Gasteiger partial charge on any atom is 0.231 e. The van der Waals surface area contributed by atoms with Crippen LogP contribution in [0, 0.1) is 20.8 Å². The van der Waals surface area contributed by atoms with Crippen molar-refractivity contribution in [3.05, 3.63) is 65.0 Å². The second kappa shape index (κ2) is 7.06. The van der Waals surface area contributed by atoms with Gasteiger partial charge in [-0.1, -0.05) is 6.07 Å². The molecule has 30 heavy (non-hydrogen) atoms. The molecule has 0 aliphatic carbocycles. The van der Waals surface area contributed by atoms with Gasteiger partial charge >= 0.3 is 0 Å². The van der Waals surface area contributed by atoms with Crippen molar-refractivity contribution in [3.8, 4) is 28.5 Å². The van der Waals surface area contributed by atoms with E-state index < -0.39 is 0 Å². The van der Waals surface area contributed by atoms with Gasteiger partial charge in [0, 0.05) is 16.6 Å². The van der Waals surface area contributed by atoms with Gasteiger partial charge in [-0.05, 0) is 68.3 Å². The molecule has 0 spiro atoms. The van der Waals surface area contributed by atoms with Crippen LogP contribution < -0.4 is 14.2 Å². The topological polar surface area (TPSA) is 58.4 Å². The van der Waals surface area contributed by atoms with Crippen molar-refractivity contribution in [2.45, 2.75) is 27.3 Å². The Morgan fingerprint density at radius 1 is 1.03 bits per heavy atom. The molecule has 6 nitrogen and oxygen atoms in total. The Morgan fingerprint density at radius 2 is 1.90 bits per heavy atom. The lowest BCUT2D eigenvalue weighted by atomic mass is 10.0. The molecule has 6 heteroatoms. The Hall–Kier alpha value is -3.54. The van der Waals surface area contributed by atoms with Gasteiger partial charge in [-0.25, -0.2) is 4.98 Å². The molecule has 0 saturated carbocycles. The molecule has 0 atom stereocenters. The van der Waals surface area contributed by atoms with Crippen LogP contribution in [-0.2, 0) is 6.54 Å². The number of nitrogens with zero attached hydrogens (tertiary/aromatic N) is 3. The minimum Gasteiger partial charge on any atom is -0.493 e. The molecular weight excluding hydrogens is 378 g/mol. The van der Waals surface area contributed by atoms with Gasteiger partial charge in [0.2, 0.25) is 12.5 Å². The van der Waals surface area contributed by atoms with Gasteiger partial charge in [0.1, 0.15) is 0 Å². The van der Waals surface area contributed by atoms with Crippen LogP contribution in [0.15, 0.2) is 42.5 Å². The molecule has 1 aliphatic rings. The fraction of sp³-hybridized carbons (Fsp3) is 0.250. The molecule has 152 valence electrons. The van der Waals surface area contributed by atoms with E-state index in [1.165, 1.54) is 11.1 Å². The lowest BCUT2D eigenvalue weighted by molar-refractivity contribution is 0.171. The van der Waals surface area contributed by atoms with Crippen LogP contribution >= 0.6 is 0 Å². The van der Waals surface area contributed by atoms with E-state index >= 15 is 0 Å². The van der Waals surface area contributed by atoms with Gasteiger partial charge in [0.15, 0.2) is 11.5 Å². The van der Waals surface area contributed by atoms with Crippen LogP contribution in [0.2, 0.25) is 0 Å². The molecular formula is C24H23N3O3. The SMILES string of the molecule is COc1cc(-c2cc(C)c3cc(Cn4nc(C)cc4C)ccc3n2)cc2c1OCO2. The Labute approximate surface area is 175 Å². The molecule has 0 bridgehead atoms. The molecule has 5 rings (SSSR count). The molecule has 0 N–H and O–H groups in total. The summed E-state index contributed by atoms with van der Waals surface area (Å²) in [6.07, 6.45) is 0. The molecule has 3 heterocycles. The van der Waals surface area contributed by atoms with Gasteiger partial charge in [0.25, 0.3) is 0 Å². The summed E-state index contributed by atoms with van der Waals surface area (Å²) in [7, 11) is 1.63. The Kier molecular flexibility index (Phi) is 4.35. The van der Waals surface area contributed by atoms with Gasteiger partial charge in [-0.2, -0.15) is 5.10 Å². The molecule has 2 aromatic heterocycles. The molecule has 0 unspecified atom stereocenters. The van der Waals surface area contributed by atoms with Crippen molar-refractivity contribution >= 4 is 10.9 Å². The van der Waals surface area contributed by atoms with Crippen molar-refractivity contribution < 1.29 is 14.2 Å². The monoisotopic (exact) mass is 401 g/mol. The third kappa shape index (κ3) is 3.14. The van der Waals surface area contributed by atoms with E-state index in [-0.39, 0.29) is 6.79 Å². The summed E-state index contributed by atoms with van der Waals surface area (Å²) >= 11 is 0. The van der Waals surface area contributed by atoms with Crippen LogP contribution in [0.25, 0.3) is 22.2 Å². The van der Waals surface area contributed by atoms with E-state index in [1.807, 2.05) is 23.7 Å². The van der Waals surface area contributed by atoms with E-state index in [0.717, 1.165) is 40.1 Å². The average molecular weight is 401 g/mol. The third-order valence-electron chi connectivity index (χ3n) is 5.47. The number of hydrogen-bond donors (Lipinski definition) is 0. The average Bonchev–Trinajstić information content (AvgIpc) is 3.33. The highest BCUT2D eigenvalue weighted by molar-refractivity contribution is 5.86. The summed E-state index contributed by atoms with van der Waals surface area (Å²) in [5, 5.41) is 5.72. The molecule has 0 radical (unpaired) electrons. The van der Waals surface area contributed by atoms with E-state index in [9.17, 15) is 0 Å². The number of methoxy groups -OCH3 is 1. The largest absolute Gasteiger partial charge is 0.493 e. The van der Waals surface area contributed by atoms with Crippen molar-refractivity contribution in [1.29, 1.82) is 0 Å². The zero-order valence-corrected chi connectivity index (χ0v) is 17.5. The molecule has 0 saturated heterocycles. The number of hydrogen-bond acceptors (Lipinski definition) is 5. The lowest BCUT2D eigenvalue weighted by Crippen LogP contribution is -2.04. The van der Waals surface area contributed by atoms with Crippen LogP contribution in [0.3, 0.4) is 0 Å². The molecule has 1 aliphatic heterocycles. The van der Waals surface area contributed by atoms with Gasteiger partial charge in [0.05, 0.1) is 30.6 Å². The summed E-state index contributed by atoms with van der Waals surface area (Å²) in [6, 6.07) is 14.5. The number of pyridine rings is 1. The fourth-order valence-corrected chi connectivity index (χ4v) is 3.97. The third-order valence-corrected chi connectivity index (χ3v) is 5.47. The van der Waals surface area contributed by atoms with Gasteiger partial charge < -0.3 is 14.2 Å². The first-order valence-corrected chi connectivity index (χ1v) is 9.91. The maximum atomic E-state index is 5.57. The summed E-state index contributed by atoms with van der Waals surface area (Å²) in [5.41, 5.74) is 7.34. The number of aromatic nitrogens is 3. The normalized spacial score (nSPS) is 12.5. The highest BCUT2D eigenvalue weighted by Crippen LogP contribution is 2.44. The van der Waals surface area contributed by atoms with Crippen molar-refractivity contribution in [2.75, 3.05) is 13.9 Å². The van der Waals surface area contributed by atoms with Crippen LogP contribution in [0.1, 0.15) is 22.5 Å². The molecule has 0 amide bonds. The molecule has 2 aromatic carbocycles. The summed E-state index contributed by atoms with van der Waals surface area (Å²) in [6.45, 7) is 7.17. The number of fused-ring (bicyclic) bond motifs is 2. The summed E-state index contributed by atoms with van der Waals surface area (Å²) < 4.78 is 18.6. The zero-order valence-electron chi connectivity index (χ0n) is 17.5. The second-order valence-corrected chi connectivity index (χ2v) is 7.67. The number of rotatable bonds is 4. The maximum absolute atomic E-state index is 5.57. The van der Waals surface area contributed by atoms with Gasteiger partial charge in [-0.3, -0.25) is 4.68 Å². The lowest BCUT2D eigenvalue weighted by Gasteiger charge is -2.11.